The SMILES string of the molecule is CCCCCCC(=O)Nc1cccc(C(=O)N2CCCCC2)c1. The Morgan fingerprint density at radius 2 is 1.87 bits per heavy atom. The van der Waals surface area contributed by atoms with Crippen LogP contribution in [0.5, 0.6) is 0 Å². The highest BCUT2D eigenvalue weighted by Gasteiger charge is 2.18. The summed E-state index contributed by atoms with van der Waals surface area (Å²) in [6, 6.07) is 7.30. The molecule has 0 spiro atoms. The topological polar surface area (TPSA) is 49.4 Å². The van der Waals surface area contributed by atoms with E-state index in [0.717, 1.165) is 38.8 Å². The van der Waals surface area contributed by atoms with Crippen LogP contribution in [0, 0.1) is 0 Å². The third-order valence-corrected chi connectivity index (χ3v) is 4.29. The van der Waals surface area contributed by atoms with Crippen molar-refractivity contribution in [2.75, 3.05) is 18.4 Å². The van der Waals surface area contributed by atoms with Crippen LogP contribution in [-0.2, 0) is 4.79 Å². The van der Waals surface area contributed by atoms with E-state index in [-0.39, 0.29) is 11.8 Å². The zero-order valence-corrected chi connectivity index (χ0v) is 14.1. The molecule has 0 unspecified atom stereocenters. The Morgan fingerprint density at radius 3 is 2.61 bits per heavy atom. The molecule has 0 aliphatic carbocycles. The standard InChI is InChI=1S/C19H28N2O2/c1-2-3-4-6-12-18(22)20-17-11-9-10-16(15-17)19(23)21-13-7-5-8-14-21/h9-11,15H,2-8,12-14H2,1H3,(H,20,22). The second-order valence-corrected chi connectivity index (χ2v) is 6.29. The van der Waals surface area contributed by atoms with E-state index in [0.29, 0.717) is 17.7 Å². The Labute approximate surface area is 139 Å². The zero-order chi connectivity index (χ0) is 16.5. The Morgan fingerprint density at radius 1 is 1.09 bits per heavy atom. The Bertz CT molecular complexity index is 522. The van der Waals surface area contributed by atoms with Crippen molar-refractivity contribution in [3.8, 4) is 0 Å². The van der Waals surface area contributed by atoms with E-state index >= 15 is 0 Å². The summed E-state index contributed by atoms with van der Waals surface area (Å²) in [7, 11) is 0. The van der Waals surface area contributed by atoms with Crippen molar-refractivity contribution in [3.05, 3.63) is 29.8 Å². The van der Waals surface area contributed by atoms with Crippen LogP contribution in [0.1, 0.15) is 68.6 Å². The van der Waals surface area contributed by atoms with E-state index in [1.807, 2.05) is 23.1 Å². The highest BCUT2D eigenvalue weighted by atomic mass is 16.2. The molecular weight excluding hydrogens is 288 g/mol. The lowest BCUT2D eigenvalue weighted by molar-refractivity contribution is -0.116. The van der Waals surface area contributed by atoms with Gasteiger partial charge in [0.25, 0.3) is 5.91 Å². The van der Waals surface area contributed by atoms with Gasteiger partial charge in [0.15, 0.2) is 0 Å². The highest BCUT2D eigenvalue weighted by Crippen LogP contribution is 2.17. The van der Waals surface area contributed by atoms with Gasteiger partial charge in [0.2, 0.25) is 5.91 Å². The first-order valence-electron chi connectivity index (χ1n) is 8.90. The number of hydrogen-bond acceptors (Lipinski definition) is 2. The molecule has 2 amide bonds. The van der Waals surface area contributed by atoms with Crippen molar-refractivity contribution in [1.82, 2.24) is 4.90 Å². The Balaban J connectivity index is 1.88. The largest absolute Gasteiger partial charge is 0.339 e. The van der Waals surface area contributed by atoms with Gasteiger partial charge in [-0.1, -0.05) is 32.3 Å². The van der Waals surface area contributed by atoms with E-state index in [1.54, 1.807) is 6.07 Å². The molecule has 0 saturated carbocycles. The molecule has 1 heterocycles. The molecule has 1 aromatic carbocycles. The van der Waals surface area contributed by atoms with Crippen LogP contribution in [-0.4, -0.2) is 29.8 Å². The number of carbonyl (C=O) groups is 2. The lowest BCUT2D eigenvalue weighted by Crippen LogP contribution is -2.35. The summed E-state index contributed by atoms with van der Waals surface area (Å²) in [5.74, 6) is 0.104. The van der Waals surface area contributed by atoms with Crippen molar-refractivity contribution in [1.29, 1.82) is 0 Å². The van der Waals surface area contributed by atoms with E-state index in [2.05, 4.69) is 12.2 Å². The average molecular weight is 316 g/mol. The molecule has 1 N–H and O–H groups in total. The lowest BCUT2D eigenvalue weighted by Gasteiger charge is -2.26. The third kappa shape index (κ3) is 5.70. The average Bonchev–Trinajstić information content (AvgIpc) is 2.59. The van der Waals surface area contributed by atoms with Gasteiger partial charge < -0.3 is 10.2 Å². The molecule has 4 heteroatoms. The number of piperidine rings is 1. The number of rotatable bonds is 7. The summed E-state index contributed by atoms with van der Waals surface area (Å²) in [5, 5.41) is 2.91. The molecule has 23 heavy (non-hydrogen) atoms. The van der Waals surface area contributed by atoms with E-state index in [4.69, 9.17) is 0 Å². The summed E-state index contributed by atoms with van der Waals surface area (Å²) in [4.78, 5) is 26.4. The molecule has 0 atom stereocenters. The number of unbranched alkanes of at least 4 members (excludes halogenated alkanes) is 3. The van der Waals surface area contributed by atoms with Crippen LogP contribution in [0.2, 0.25) is 0 Å². The Kier molecular flexibility index (Phi) is 7.11. The van der Waals surface area contributed by atoms with Crippen LogP contribution in [0.15, 0.2) is 24.3 Å². The molecular formula is C19H28N2O2. The van der Waals surface area contributed by atoms with Gasteiger partial charge in [-0.2, -0.15) is 0 Å². The number of benzene rings is 1. The van der Waals surface area contributed by atoms with Crippen molar-refractivity contribution < 1.29 is 9.59 Å². The van der Waals surface area contributed by atoms with Gasteiger partial charge in [-0.05, 0) is 43.9 Å². The third-order valence-electron chi connectivity index (χ3n) is 4.29. The number of carbonyl (C=O) groups excluding carboxylic acids is 2. The molecule has 1 aliphatic rings. The summed E-state index contributed by atoms with van der Waals surface area (Å²) in [5.41, 5.74) is 1.38. The van der Waals surface area contributed by atoms with Crippen molar-refractivity contribution >= 4 is 17.5 Å². The number of anilines is 1. The molecule has 0 radical (unpaired) electrons. The number of nitrogens with one attached hydrogen (secondary N) is 1. The highest BCUT2D eigenvalue weighted by molar-refractivity contribution is 5.97. The van der Waals surface area contributed by atoms with Crippen LogP contribution in [0.25, 0.3) is 0 Å². The molecule has 1 fully saturated rings. The predicted octanol–water partition coefficient (Wildman–Crippen LogP) is 4.22. The van der Waals surface area contributed by atoms with Gasteiger partial charge in [0.05, 0.1) is 0 Å². The van der Waals surface area contributed by atoms with Gasteiger partial charge in [-0.25, -0.2) is 0 Å². The first-order valence-corrected chi connectivity index (χ1v) is 8.90. The molecule has 4 nitrogen and oxygen atoms in total. The van der Waals surface area contributed by atoms with Gasteiger partial charge in [0.1, 0.15) is 0 Å². The smallest absolute Gasteiger partial charge is 0.253 e. The zero-order valence-electron chi connectivity index (χ0n) is 14.1. The van der Waals surface area contributed by atoms with Gasteiger partial charge in [-0.3, -0.25) is 9.59 Å². The minimum absolute atomic E-state index is 0.0312. The fourth-order valence-corrected chi connectivity index (χ4v) is 2.95. The number of amides is 2. The van der Waals surface area contributed by atoms with E-state index < -0.39 is 0 Å². The fraction of sp³-hybridized carbons (Fsp3) is 0.579. The molecule has 0 bridgehead atoms. The van der Waals surface area contributed by atoms with E-state index in [9.17, 15) is 9.59 Å². The minimum Gasteiger partial charge on any atom is -0.339 e. The van der Waals surface area contributed by atoms with Crippen molar-refractivity contribution in [2.24, 2.45) is 0 Å². The quantitative estimate of drug-likeness (QED) is 0.766. The molecule has 1 aromatic rings. The maximum absolute atomic E-state index is 12.5. The first kappa shape index (κ1) is 17.5. The van der Waals surface area contributed by atoms with Crippen LogP contribution >= 0.6 is 0 Å². The summed E-state index contributed by atoms with van der Waals surface area (Å²) in [6.07, 6.45) is 8.28. The van der Waals surface area contributed by atoms with Gasteiger partial charge in [-0.15, -0.1) is 0 Å². The van der Waals surface area contributed by atoms with Crippen molar-refractivity contribution in [3.63, 3.8) is 0 Å². The molecule has 126 valence electrons. The number of hydrogen-bond donors (Lipinski definition) is 1. The van der Waals surface area contributed by atoms with Gasteiger partial charge in [0, 0.05) is 30.8 Å². The Hall–Kier alpha value is -1.84. The molecule has 0 aromatic heterocycles. The summed E-state index contributed by atoms with van der Waals surface area (Å²) in [6.45, 7) is 3.84. The minimum atomic E-state index is 0.0312. The van der Waals surface area contributed by atoms with Gasteiger partial charge >= 0.3 is 0 Å². The van der Waals surface area contributed by atoms with E-state index in [1.165, 1.54) is 19.3 Å². The van der Waals surface area contributed by atoms with Crippen LogP contribution in [0.3, 0.4) is 0 Å². The van der Waals surface area contributed by atoms with Crippen molar-refractivity contribution in [2.45, 2.75) is 58.3 Å². The maximum Gasteiger partial charge on any atom is 0.253 e. The maximum atomic E-state index is 12.5. The number of likely N-dealkylation sites (tertiary alicyclic amines) is 1. The molecule has 2 rings (SSSR count). The molecule has 1 aliphatic heterocycles. The monoisotopic (exact) mass is 316 g/mol. The summed E-state index contributed by atoms with van der Waals surface area (Å²) >= 11 is 0. The fourth-order valence-electron chi connectivity index (χ4n) is 2.95. The summed E-state index contributed by atoms with van der Waals surface area (Å²) < 4.78 is 0. The second-order valence-electron chi connectivity index (χ2n) is 6.29. The second kappa shape index (κ2) is 9.33. The predicted molar refractivity (Wildman–Crippen MR) is 93.6 cm³/mol. The number of nitrogens with zero attached hydrogens (tertiary/aromatic N) is 1. The first-order chi connectivity index (χ1) is 11.2. The normalized spacial score (nSPS) is 14.6. The van der Waals surface area contributed by atoms with Crippen LogP contribution < -0.4 is 5.32 Å². The van der Waals surface area contributed by atoms with Crippen LogP contribution in [0.4, 0.5) is 5.69 Å². The molecule has 1 saturated heterocycles. The lowest BCUT2D eigenvalue weighted by atomic mass is 10.1.